The number of aromatic hydroxyl groups is 4. The standard InChI is InChI=1S/C21H22O11/c22-7-16-17(27)18(28)19(29)21(32-16)31-15-6-10-12(25)4-9(23)5-14(10)30-20(15)8-1-2-11(24)13(26)3-8/h1-6,16-29H,7H2/t16-,17-,18+,19-,20?,21?/m1/s1. The van der Waals surface area contributed by atoms with E-state index in [-0.39, 0.29) is 34.3 Å². The van der Waals surface area contributed by atoms with E-state index >= 15 is 0 Å². The van der Waals surface area contributed by atoms with Crippen molar-refractivity contribution in [2.45, 2.75) is 36.8 Å². The Balaban J connectivity index is 1.74. The Morgan fingerprint density at radius 3 is 2.28 bits per heavy atom. The van der Waals surface area contributed by atoms with Crippen LogP contribution in [0, 0.1) is 0 Å². The number of hydrogen-bond acceptors (Lipinski definition) is 11. The van der Waals surface area contributed by atoms with E-state index in [1.54, 1.807) is 0 Å². The van der Waals surface area contributed by atoms with Gasteiger partial charge in [-0.2, -0.15) is 0 Å². The zero-order valence-corrected chi connectivity index (χ0v) is 16.4. The zero-order valence-electron chi connectivity index (χ0n) is 16.4. The fourth-order valence-electron chi connectivity index (χ4n) is 3.57. The maximum absolute atomic E-state index is 10.3. The van der Waals surface area contributed by atoms with Crippen molar-refractivity contribution in [3.63, 3.8) is 0 Å². The lowest BCUT2D eigenvalue weighted by Gasteiger charge is -2.41. The summed E-state index contributed by atoms with van der Waals surface area (Å²) in [5.41, 5.74) is 0.436. The molecule has 11 heteroatoms. The molecule has 8 N–H and O–H groups in total. The molecule has 2 aliphatic heterocycles. The van der Waals surface area contributed by atoms with Crippen molar-refractivity contribution < 1.29 is 55.1 Å². The van der Waals surface area contributed by atoms with Gasteiger partial charge in [-0.1, -0.05) is 6.07 Å². The molecule has 172 valence electrons. The summed E-state index contributed by atoms with van der Waals surface area (Å²) in [6, 6.07) is 6.19. The lowest BCUT2D eigenvalue weighted by atomic mass is 9.98. The maximum Gasteiger partial charge on any atom is 0.228 e. The average Bonchev–Trinajstić information content (AvgIpc) is 2.76. The van der Waals surface area contributed by atoms with Gasteiger partial charge in [0.2, 0.25) is 6.29 Å². The van der Waals surface area contributed by atoms with E-state index in [0.717, 1.165) is 6.07 Å². The van der Waals surface area contributed by atoms with Crippen molar-refractivity contribution >= 4 is 6.08 Å². The summed E-state index contributed by atoms with van der Waals surface area (Å²) in [5, 5.41) is 79.2. The van der Waals surface area contributed by atoms with E-state index in [4.69, 9.17) is 14.2 Å². The van der Waals surface area contributed by atoms with Crippen LogP contribution in [0.5, 0.6) is 28.7 Å². The van der Waals surface area contributed by atoms with Crippen LogP contribution in [0.15, 0.2) is 36.1 Å². The highest BCUT2D eigenvalue weighted by Gasteiger charge is 2.46. The molecule has 11 nitrogen and oxygen atoms in total. The average molecular weight is 450 g/mol. The first-order valence-corrected chi connectivity index (χ1v) is 9.63. The van der Waals surface area contributed by atoms with Gasteiger partial charge in [-0.3, -0.25) is 0 Å². The van der Waals surface area contributed by atoms with E-state index in [0.29, 0.717) is 5.56 Å². The molecule has 2 aliphatic rings. The predicted molar refractivity (Wildman–Crippen MR) is 106 cm³/mol. The van der Waals surface area contributed by atoms with Crippen LogP contribution < -0.4 is 4.74 Å². The van der Waals surface area contributed by atoms with Crippen LogP contribution in [-0.4, -0.2) is 78.2 Å². The van der Waals surface area contributed by atoms with Gasteiger partial charge in [0.15, 0.2) is 17.6 Å². The Morgan fingerprint density at radius 1 is 0.844 bits per heavy atom. The summed E-state index contributed by atoms with van der Waals surface area (Å²) in [6.45, 7) is -0.654. The molecule has 0 bridgehead atoms. The van der Waals surface area contributed by atoms with Crippen LogP contribution in [0.1, 0.15) is 17.2 Å². The Morgan fingerprint density at radius 2 is 1.59 bits per heavy atom. The first kappa shape index (κ1) is 22.0. The maximum atomic E-state index is 10.3. The predicted octanol–water partition coefficient (Wildman–Crippen LogP) is -0.200. The quantitative estimate of drug-likeness (QED) is 0.288. The van der Waals surface area contributed by atoms with Crippen molar-refractivity contribution in [1.29, 1.82) is 0 Å². The van der Waals surface area contributed by atoms with Crippen LogP contribution in [0.4, 0.5) is 0 Å². The van der Waals surface area contributed by atoms with Gasteiger partial charge >= 0.3 is 0 Å². The first-order valence-electron chi connectivity index (χ1n) is 9.63. The van der Waals surface area contributed by atoms with Crippen molar-refractivity contribution in [3.8, 4) is 28.7 Å². The van der Waals surface area contributed by atoms with Crippen LogP contribution in [0.3, 0.4) is 0 Å². The van der Waals surface area contributed by atoms with E-state index < -0.39 is 49.2 Å². The van der Waals surface area contributed by atoms with Crippen LogP contribution in [-0.2, 0) is 9.47 Å². The van der Waals surface area contributed by atoms with Crippen LogP contribution in [0.2, 0.25) is 0 Å². The van der Waals surface area contributed by atoms with Gasteiger partial charge in [-0.05, 0) is 18.2 Å². The summed E-state index contributed by atoms with van der Waals surface area (Å²) < 4.78 is 17.0. The molecule has 0 amide bonds. The first-order chi connectivity index (χ1) is 15.2. The van der Waals surface area contributed by atoms with Crippen LogP contribution in [0.25, 0.3) is 6.08 Å². The Labute approximate surface area is 181 Å². The largest absolute Gasteiger partial charge is 0.508 e. The van der Waals surface area contributed by atoms with Crippen molar-refractivity contribution in [1.82, 2.24) is 0 Å². The van der Waals surface area contributed by atoms with E-state index in [2.05, 4.69) is 0 Å². The summed E-state index contributed by atoms with van der Waals surface area (Å²) in [6.07, 6.45) is -7.44. The molecule has 2 unspecified atom stereocenters. The van der Waals surface area contributed by atoms with Crippen molar-refractivity contribution in [2.24, 2.45) is 0 Å². The molecule has 4 rings (SSSR count). The minimum atomic E-state index is -1.70. The lowest BCUT2D eigenvalue weighted by Crippen LogP contribution is -2.59. The molecular weight excluding hydrogens is 428 g/mol. The molecule has 2 heterocycles. The Kier molecular flexibility index (Phi) is 5.75. The second-order valence-electron chi connectivity index (χ2n) is 7.48. The summed E-state index contributed by atoms with van der Waals surface area (Å²) >= 11 is 0. The minimum absolute atomic E-state index is 0.0343. The highest BCUT2D eigenvalue weighted by atomic mass is 16.7. The minimum Gasteiger partial charge on any atom is -0.508 e. The van der Waals surface area contributed by atoms with Crippen molar-refractivity contribution in [3.05, 3.63) is 47.2 Å². The number of ether oxygens (including phenoxy) is 3. The highest BCUT2D eigenvalue weighted by Crippen LogP contribution is 2.45. The third-order valence-corrected chi connectivity index (χ3v) is 5.30. The fourth-order valence-corrected chi connectivity index (χ4v) is 3.57. The topological polar surface area (TPSA) is 190 Å². The van der Waals surface area contributed by atoms with Gasteiger partial charge in [-0.15, -0.1) is 0 Å². The third-order valence-electron chi connectivity index (χ3n) is 5.30. The molecule has 0 aromatic heterocycles. The fraction of sp³-hybridized carbons (Fsp3) is 0.333. The molecule has 0 saturated carbocycles. The van der Waals surface area contributed by atoms with Gasteiger partial charge in [0.25, 0.3) is 0 Å². The smallest absolute Gasteiger partial charge is 0.228 e. The molecule has 0 aliphatic carbocycles. The normalized spacial score (nSPS) is 29.6. The van der Waals surface area contributed by atoms with E-state index in [9.17, 15) is 40.9 Å². The number of fused-ring (bicyclic) bond motifs is 1. The Hall–Kier alpha value is -3.22. The van der Waals surface area contributed by atoms with Gasteiger partial charge in [0, 0.05) is 17.7 Å². The lowest BCUT2D eigenvalue weighted by molar-refractivity contribution is -0.293. The molecule has 6 atom stereocenters. The third kappa shape index (κ3) is 3.87. The summed E-state index contributed by atoms with van der Waals surface area (Å²) in [7, 11) is 0. The van der Waals surface area contributed by atoms with Gasteiger partial charge < -0.3 is 55.1 Å². The molecule has 0 radical (unpaired) electrons. The van der Waals surface area contributed by atoms with Crippen LogP contribution >= 0.6 is 0 Å². The molecule has 0 spiro atoms. The molecular formula is C21H22O11. The number of rotatable bonds is 4. The molecule has 1 saturated heterocycles. The van der Waals surface area contributed by atoms with Gasteiger partial charge in [-0.25, -0.2) is 0 Å². The molecule has 32 heavy (non-hydrogen) atoms. The monoisotopic (exact) mass is 450 g/mol. The second-order valence-corrected chi connectivity index (χ2v) is 7.48. The number of phenols is 4. The van der Waals surface area contributed by atoms with E-state index in [1.165, 1.54) is 30.3 Å². The van der Waals surface area contributed by atoms with Gasteiger partial charge in [0.05, 0.1) is 12.2 Å². The summed E-state index contributed by atoms with van der Waals surface area (Å²) in [5.74, 6) is -1.36. The molecule has 2 aromatic carbocycles. The van der Waals surface area contributed by atoms with E-state index in [1.807, 2.05) is 0 Å². The van der Waals surface area contributed by atoms with Crippen molar-refractivity contribution in [2.75, 3.05) is 6.61 Å². The number of benzene rings is 2. The highest BCUT2D eigenvalue weighted by molar-refractivity contribution is 5.69. The zero-order chi connectivity index (χ0) is 23.2. The number of phenolic OH excluding ortho intramolecular Hbond substituents is 4. The second kappa shape index (κ2) is 8.37. The Bertz CT molecular complexity index is 1030. The summed E-state index contributed by atoms with van der Waals surface area (Å²) in [4.78, 5) is 0. The number of hydrogen-bond donors (Lipinski definition) is 8. The molecule has 2 aromatic rings. The number of aliphatic hydroxyl groups is 4. The molecule has 1 fully saturated rings. The SMILES string of the molecule is OC[C@H]1OC(OC2=Cc3c(O)cc(O)cc3OC2c2ccc(O)c(O)c2)[C@H](O)[C@@H](O)[C@@H]1O. The van der Waals surface area contributed by atoms with Gasteiger partial charge in [0.1, 0.15) is 47.4 Å². The number of aliphatic hydroxyl groups excluding tert-OH is 4.